The molecule has 0 amide bonds. The second-order valence-electron chi connectivity index (χ2n) is 5.96. The average molecular weight is 257 g/mol. The zero-order valence-electron chi connectivity index (χ0n) is 11.9. The van der Waals surface area contributed by atoms with Gasteiger partial charge in [0, 0.05) is 26.2 Å². The maximum absolute atomic E-state index is 8.43. The van der Waals surface area contributed by atoms with Crippen LogP contribution in [0.1, 0.15) is 36.5 Å². The summed E-state index contributed by atoms with van der Waals surface area (Å²) in [6.45, 7) is 8.34. The molecule has 1 N–H and O–H groups in total. The fourth-order valence-corrected chi connectivity index (χ4v) is 3.23. The van der Waals surface area contributed by atoms with E-state index in [9.17, 15) is 0 Å². The monoisotopic (exact) mass is 257 g/mol. The molecule has 2 aliphatic rings. The Kier molecular flexibility index (Phi) is 3.21. The van der Waals surface area contributed by atoms with Gasteiger partial charge >= 0.3 is 0 Å². The van der Waals surface area contributed by atoms with Gasteiger partial charge in [-0.25, -0.2) is 0 Å². The van der Waals surface area contributed by atoms with Crippen LogP contribution in [0, 0.1) is 18.3 Å². The highest BCUT2D eigenvalue weighted by atomic mass is 15.4. The maximum Gasteiger partial charge on any atom is 0.194 e. The third kappa shape index (κ3) is 2.34. The zero-order valence-corrected chi connectivity index (χ0v) is 11.9. The molecule has 3 nitrogen and oxygen atoms in total. The Balaban J connectivity index is 1.68. The second kappa shape index (κ2) is 4.87. The van der Waals surface area contributed by atoms with Gasteiger partial charge in [-0.05, 0) is 30.4 Å². The third-order valence-electron chi connectivity index (χ3n) is 4.55. The fourth-order valence-electron chi connectivity index (χ4n) is 3.23. The molecule has 0 spiro atoms. The van der Waals surface area contributed by atoms with Crippen molar-refractivity contribution in [1.29, 1.82) is 5.41 Å². The molecular weight excluding hydrogens is 234 g/mol. The van der Waals surface area contributed by atoms with Crippen molar-refractivity contribution in [2.75, 3.05) is 13.1 Å². The molecule has 0 radical (unpaired) electrons. The number of guanidine groups is 1. The summed E-state index contributed by atoms with van der Waals surface area (Å²) in [4.78, 5) is 4.47. The summed E-state index contributed by atoms with van der Waals surface area (Å²) >= 11 is 0. The molecule has 102 valence electrons. The van der Waals surface area contributed by atoms with Crippen molar-refractivity contribution in [2.45, 2.75) is 39.8 Å². The minimum atomic E-state index is 0.727. The number of hydrogen-bond donors (Lipinski definition) is 1. The smallest absolute Gasteiger partial charge is 0.194 e. The van der Waals surface area contributed by atoms with Crippen LogP contribution in [-0.2, 0) is 13.1 Å². The standard InChI is InChI=1S/C16H23N3/c1-3-13-6-7-18(9-13)16(17)19-10-14-5-4-12(2)8-15(14)11-19/h4-5,8,13,17H,3,6-7,9-11H2,1-2H3. The summed E-state index contributed by atoms with van der Waals surface area (Å²) in [5.41, 5.74) is 4.11. The third-order valence-corrected chi connectivity index (χ3v) is 4.55. The molecule has 0 aromatic heterocycles. The molecule has 2 aliphatic heterocycles. The van der Waals surface area contributed by atoms with E-state index < -0.39 is 0 Å². The molecule has 3 rings (SSSR count). The number of fused-ring (bicyclic) bond motifs is 1. The highest BCUT2D eigenvalue weighted by molar-refractivity contribution is 5.78. The second-order valence-corrected chi connectivity index (χ2v) is 5.96. The number of benzene rings is 1. The van der Waals surface area contributed by atoms with E-state index in [0.29, 0.717) is 0 Å². The highest BCUT2D eigenvalue weighted by Gasteiger charge is 2.28. The lowest BCUT2D eigenvalue weighted by Gasteiger charge is -2.27. The number of nitrogens with zero attached hydrogens (tertiary/aromatic N) is 2. The number of aryl methyl sites for hydroxylation is 1. The van der Waals surface area contributed by atoms with E-state index in [1.54, 1.807) is 0 Å². The molecule has 3 heteroatoms. The predicted octanol–water partition coefficient (Wildman–Crippen LogP) is 2.98. The lowest BCUT2D eigenvalue weighted by molar-refractivity contribution is 0.345. The van der Waals surface area contributed by atoms with Crippen LogP contribution in [0.25, 0.3) is 0 Å². The first-order chi connectivity index (χ1) is 9.17. The van der Waals surface area contributed by atoms with Gasteiger partial charge in [0.05, 0.1) is 0 Å². The summed E-state index contributed by atoms with van der Waals surface area (Å²) < 4.78 is 0. The molecule has 0 saturated carbocycles. The van der Waals surface area contributed by atoms with Crippen molar-refractivity contribution in [3.05, 3.63) is 34.9 Å². The van der Waals surface area contributed by atoms with Gasteiger partial charge in [0.1, 0.15) is 0 Å². The SMILES string of the molecule is CCC1CCN(C(=N)N2Cc3ccc(C)cc3C2)C1. The molecule has 1 atom stereocenters. The molecule has 1 unspecified atom stereocenters. The topological polar surface area (TPSA) is 30.3 Å². The van der Waals surface area contributed by atoms with Crippen molar-refractivity contribution in [3.63, 3.8) is 0 Å². The quantitative estimate of drug-likeness (QED) is 0.619. The van der Waals surface area contributed by atoms with Gasteiger partial charge in [-0.15, -0.1) is 0 Å². The van der Waals surface area contributed by atoms with E-state index in [4.69, 9.17) is 5.41 Å². The van der Waals surface area contributed by atoms with Crippen LogP contribution < -0.4 is 0 Å². The van der Waals surface area contributed by atoms with E-state index in [2.05, 4.69) is 41.8 Å². The molecule has 1 aromatic rings. The first-order valence-electron chi connectivity index (χ1n) is 7.34. The van der Waals surface area contributed by atoms with Gasteiger partial charge in [0.25, 0.3) is 0 Å². The number of likely N-dealkylation sites (tertiary alicyclic amines) is 1. The van der Waals surface area contributed by atoms with Crippen molar-refractivity contribution >= 4 is 5.96 Å². The zero-order chi connectivity index (χ0) is 13.4. The van der Waals surface area contributed by atoms with Crippen LogP contribution >= 0.6 is 0 Å². The molecule has 0 bridgehead atoms. The van der Waals surface area contributed by atoms with E-state index in [1.165, 1.54) is 29.5 Å². The first-order valence-corrected chi connectivity index (χ1v) is 7.34. The fraction of sp³-hybridized carbons (Fsp3) is 0.562. The Bertz CT molecular complexity index is 495. The predicted molar refractivity (Wildman–Crippen MR) is 78.1 cm³/mol. The summed E-state index contributed by atoms with van der Waals surface area (Å²) in [6, 6.07) is 6.66. The van der Waals surface area contributed by atoms with Crippen molar-refractivity contribution in [3.8, 4) is 0 Å². The van der Waals surface area contributed by atoms with E-state index in [0.717, 1.165) is 38.1 Å². The lowest BCUT2D eigenvalue weighted by atomic mass is 10.1. The molecular formula is C16H23N3. The van der Waals surface area contributed by atoms with Crippen molar-refractivity contribution in [1.82, 2.24) is 9.80 Å². The number of nitrogens with one attached hydrogen (secondary N) is 1. The molecule has 1 saturated heterocycles. The van der Waals surface area contributed by atoms with Gasteiger partial charge in [0.2, 0.25) is 0 Å². The van der Waals surface area contributed by atoms with Crippen LogP contribution in [0.3, 0.4) is 0 Å². The van der Waals surface area contributed by atoms with E-state index in [-0.39, 0.29) is 0 Å². The Hall–Kier alpha value is -1.51. The lowest BCUT2D eigenvalue weighted by Crippen LogP contribution is -2.39. The van der Waals surface area contributed by atoms with Gasteiger partial charge in [-0.2, -0.15) is 0 Å². The van der Waals surface area contributed by atoms with Gasteiger partial charge < -0.3 is 9.80 Å². The molecule has 19 heavy (non-hydrogen) atoms. The molecule has 2 heterocycles. The van der Waals surface area contributed by atoms with Gasteiger partial charge in [-0.3, -0.25) is 5.41 Å². The van der Waals surface area contributed by atoms with Crippen LogP contribution in [0.5, 0.6) is 0 Å². The summed E-state index contributed by atoms with van der Waals surface area (Å²) in [5, 5.41) is 8.43. The Morgan fingerprint density at radius 3 is 2.79 bits per heavy atom. The summed E-state index contributed by atoms with van der Waals surface area (Å²) in [5.74, 6) is 1.51. The van der Waals surface area contributed by atoms with Crippen LogP contribution in [0.15, 0.2) is 18.2 Å². The maximum atomic E-state index is 8.43. The van der Waals surface area contributed by atoms with Crippen LogP contribution in [0.2, 0.25) is 0 Å². The summed E-state index contributed by atoms with van der Waals surface area (Å²) in [7, 11) is 0. The Morgan fingerprint density at radius 1 is 1.26 bits per heavy atom. The van der Waals surface area contributed by atoms with Gasteiger partial charge in [0.15, 0.2) is 5.96 Å². The van der Waals surface area contributed by atoms with Crippen LogP contribution in [-0.4, -0.2) is 28.8 Å². The summed E-state index contributed by atoms with van der Waals surface area (Å²) in [6.07, 6.45) is 2.49. The van der Waals surface area contributed by atoms with Crippen LogP contribution in [0.4, 0.5) is 0 Å². The molecule has 1 fully saturated rings. The van der Waals surface area contributed by atoms with E-state index >= 15 is 0 Å². The normalized spacial score (nSPS) is 21.9. The van der Waals surface area contributed by atoms with Gasteiger partial charge in [-0.1, -0.05) is 37.1 Å². The minimum Gasteiger partial charge on any atom is -0.343 e. The Labute approximate surface area is 115 Å². The largest absolute Gasteiger partial charge is 0.343 e. The highest BCUT2D eigenvalue weighted by Crippen LogP contribution is 2.26. The molecule has 1 aromatic carbocycles. The number of hydrogen-bond acceptors (Lipinski definition) is 1. The number of rotatable bonds is 1. The Morgan fingerprint density at radius 2 is 2.05 bits per heavy atom. The molecule has 0 aliphatic carbocycles. The average Bonchev–Trinajstić information content (AvgIpc) is 3.03. The van der Waals surface area contributed by atoms with Crippen molar-refractivity contribution < 1.29 is 0 Å². The van der Waals surface area contributed by atoms with Crippen molar-refractivity contribution in [2.24, 2.45) is 5.92 Å². The minimum absolute atomic E-state index is 0.727. The first kappa shape index (κ1) is 12.5. The van der Waals surface area contributed by atoms with E-state index in [1.807, 2.05) is 0 Å².